The Labute approximate surface area is 158 Å². The van der Waals surface area contributed by atoms with Gasteiger partial charge in [0.15, 0.2) is 0 Å². The number of rotatable bonds is 4. The topological polar surface area (TPSA) is 76.8 Å². The number of carbonyl (C=O) groups is 1. The van der Waals surface area contributed by atoms with Gasteiger partial charge < -0.3 is 9.47 Å². The van der Waals surface area contributed by atoms with Gasteiger partial charge in [-0.2, -0.15) is 0 Å². The second-order valence-electron chi connectivity index (χ2n) is 6.92. The van der Waals surface area contributed by atoms with Crippen molar-refractivity contribution in [2.24, 2.45) is 13.0 Å². The Kier molecular flexibility index (Phi) is 4.91. The van der Waals surface area contributed by atoms with Gasteiger partial charge in [-0.25, -0.2) is 4.98 Å². The maximum atomic E-state index is 12.7. The van der Waals surface area contributed by atoms with Crippen LogP contribution in [0, 0.1) is 5.92 Å². The van der Waals surface area contributed by atoms with E-state index >= 15 is 0 Å². The highest BCUT2D eigenvalue weighted by atomic mass is 16.2. The number of amides is 1. The summed E-state index contributed by atoms with van der Waals surface area (Å²) in [6.45, 7) is 1.50. The maximum Gasteiger partial charge on any atom is 0.272 e. The molecular formula is C20H22N6O. The summed E-state index contributed by atoms with van der Waals surface area (Å²) in [7, 11) is 1.95. The molecule has 1 atom stereocenters. The number of hydrogen-bond acceptors (Lipinski definition) is 5. The molecule has 138 valence electrons. The van der Waals surface area contributed by atoms with Crippen LogP contribution in [0.1, 0.15) is 29.0 Å². The molecule has 4 rings (SSSR count). The van der Waals surface area contributed by atoms with Crippen molar-refractivity contribution in [1.29, 1.82) is 0 Å². The molecule has 0 radical (unpaired) electrons. The summed E-state index contributed by atoms with van der Waals surface area (Å²) in [5.41, 5.74) is 3.28. The van der Waals surface area contributed by atoms with Gasteiger partial charge >= 0.3 is 0 Å². The predicted molar refractivity (Wildman–Crippen MR) is 101 cm³/mol. The lowest BCUT2D eigenvalue weighted by Crippen LogP contribution is -2.41. The van der Waals surface area contributed by atoms with E-state index in [4.69, 9.17) is 0 Å². The lowest BCUT2D eigenvalue weighted by Gasteiger charge is -2.32. The van der Waals surface area contributed by atoms with Crippen molar-refractivity contribution in [2.75, 3.05) is 13.1 Å². The quantitative estimate of drug-likeness (QED) is 0.712. The van der Waals surface area contributed by atoms with E-state index in [1.165, 1.54) is 0 Å². The molecule has 7 heteroatoms. The molecule has 0 N–H and O–H groups in total. The molecule has 3 aromatic rings. The van der Waals surface area contributed by atoms with Gasteiger partial charge in [-0.3, -0.25) is 19.7 Å². The van der Waals surface area contributed by atoms with Gasteiger partial charge in [0.2, 0.25) is 0 Å². The van der Waals surface area contributed by atoms with Crippen molar-refractivity contribution < 1.29 is 4.79 Å². The van der Waals surface area contributed by atoms with Crippen LogP contribution in [-0.2, 0) is 13.5 Å². The van der Waals surface area contributed by atoms with E-state index in [2.05, 4.69) is 19.9 Å². The van der Waals surface area contributed by atoms with Crippen molar-refractivity contribution in [1.82, 2.24) is 29.4 Å². The zero-order chi connectivity index (χ0) is 18.6. The van der Waals surface area contributed by atoms with Crippen LogP contribution in [0.5, 0.6) is 0 Å². The second kappa shape index (κ2) is 7.65. The van der Waals surface area contributed by atoms with Crippen molar-refractivity contribution in [3.8, 4) is 11.4 Å². The van der Waals surface area contributed by atoms with Gasteiger partial charge in [-0.05, 0) is 37.3 Å². The standard InChI is InChI=1S/C20H22N6O/c1-25-14-21-12-18(25)19-17(23-8-9-24-19)11-15-5-4-10-26(13-15)20(27)16-6-2-3-7-22-16/h2-3,6-9,12,14-15H,4-5,10-11,13H2,1H3/t15-/m1/s1. The van der Waals surface area contributed by atoms with Crippen LogP contribution in [0.25, 0.3) is 11.4 Å². The molecule has 1 fully saturated rings. The highest BCUT2D eigenvalue weighted by molar-refractivity contribution is 5.92. The summed E-state index contributed by atoms with van der Waals surface area (Å²) in [6, 6.07) is 5.44. The number of nitrogens with zero attached hydrogens (tertiary/aromatic N) is 6. The van der Waals surface area contributed by atoms with Gasteiger partial charge in [0.25, 0.3) is 5.91 Å². The van der Waals surface area contributed by atoms with Crippen LogP contribution in [0.3, 0.4) is 0 Å². The van der Waals surface area contributed by atoms with E-state index < -0.39 is 0 Å². The first kappa shape index (κ1) is 17.3. The zero-order valence-corrected chi connectivity index (χ0v) is 15.3. The number of hydrogen-bond donors (Lipinski definition) is 0. The van der Waals surface area contributed by atoms with E-state index in [0.29, 0.717) is 11.6 Å². The fourth-order valence-corrected chi connectivity index (χ4v) is 3.66. The minimum absolute atomic E-state index is 0.00584. The normalized spacial score (nSPS) is 17.1. The number of imidazole rings is 1. The summed E-state index contributed by atoms with van der Waals surface area (Å²) in [6.07, 6.45) is 11.5. The first-order valence-electron chi connectivity index (χ1n) is 9.19. The van der Waals surface area contributed by atoms with Crippen molar-refractivity contribution >= 4 is 5.91 Å². The van der Waals surface area contributed by atoms with Crippen LogP contribution in [-0.4, -0.2) is 48.4 Å². The fraction of sp³-hybridized carbons (Fsp3) is 0.350. The molecule has 1 aliphatic heterocycles. The SMILES string of the molecule is Cn1cncc1-c1nccnc1C[C@H]1CCCN(C(=O)c2ccccn2)C1. The molecule has 1 amide bonds. The third-order valence-corrected chi connectivity index (χ3v) is 5.01. The van der Waals surface area contributed by atoms with E-state index in [9.17, 15) is 4.79 Å². The van der Waals surface area contributed by atoms with E-state index in [-0.39, 0.29) is 5.91 Å². The number of carbonyl (C=O) groups excluding carboxylic acids is 1. The fourth-order valence-electron chi connectivity index (χ4n) is 3.66. The largest absolute Gasteiger partial charge is 0.337 e. The number of piperidine rings is 1. The second-order valence-corrected chi connectivity index (χ2v) is 6.92. The maximum absolute atomic E-state index is 12.7. The molecule has 7 nitrogen and oxygen atoms in total. The Morgan fingerprint density at radius 1 is 1.19 bits per heavy atom. The van der Waals surface area contributed by atoms with Crippen molar-refractivity contribution in [3.63, 3.8) is 0 Å². The number of aromatic nitrogens is 5. The molecule has 0 aliphatic carbocycles. The Morgan fingerprint density at radius 2 is 2.07 bits per heavy atom. The third kappa shape index (κ3) is 3.72. The summed E-state index contributed by atoms with van der Waals surface area (Å²) in [5, 5.41) is 0. The van der Waals surface area contributed by atoms with Crippen molar-refractivity contribution in [3.05, 3.63) is 60.7 Å². The average molecular weight is 362 g/mol. The molecule has 1 saturated heterocycles. The zero-order valence-electron chi connectivity index (χ0n) is 15.3. The summed E-state index contributed by atoms with van der Waals surface area (Å²) >= 11 is 0. The molecular weight excluding hydrogens is 340 g/mol. The minimum Gasteiger partial charge on any atom is -0.337 e. The first-order valence-corrected chi connectivity index (χ1v) is 9.19. The molecule has 0 aromatic carbocycles. The molecule has 4 heterocycles. The number of likely N-dealkylation sites (tertiary alicyclic amines) is 1. The highest BCUT2D eigenvalue weighted by Crippen LogP contribution is 2.25. The summed E-state index contributed by atoms with van der Waals surface area (Å²) in [4.78, 5) is 32.1. The lowest BCUT2D eigenvalue weighted by atomic mass is 9.92. The molecule has 0 spiro atoms. The van der Waals surface area contributed by atoms with Gasteiger partial charge in [0.05, 0.1) is 23.9 Å². The molecule has 0 saturated carbocycles. The molecule has 1 aliphatic rings. The summed E-state index contributed by atoms with van der Waals surface area (Å²) in [5.74, 6) is 0.362. The molecule has 0 bridgehead atoms. The van der Waals surface area contributed by atoms with Crippen LogP contribution >= 0.6 is 0 Å². The van der Waals surface area contributed by atoms with Crippen molar-refractivity contribution in [2.45, 2.75) is 19.3 Å². The van der Waals surface area contributed by atoms with E-state index in [1.807, 2.05) is 34.8 Å². The predicted octanol–water partition coefficient (Wildman–Crippen LogP) is 2.37. The molecule has 3 aromatic heterocycles. The Balaban J connectivity index is 1.51. The Morgan fingerprint density at radius 3 is 2.85 bits per heavy atom. The highest BCUT2D eigenvalue weighted by Gasteiger charge is 2.26. The smallest absolute Gasteiger partial charge is 0.272 e. The monoisotopic (exact) mass is 362 g/mol. The van der Waals surface area contributed by atoms with Crippen LogP contribution in [0.2, 0.25) is 0 Å². The van der Waals surface area contributed by atoms with Crippen LogP contribution < -0.4 is 0 Å². The molecule has 27 heavy (non-hydrogen) atoms. The number of pyridine rings is 1. The van der Waals surface area contributed by atoms with Crippen LogP contribution in [0.15, 0.2) is 49.3 Å². The van der Waals surface area contributed by atoms with Gasteiger partial charge in [0.1, 0.15) is 11.4 Å². The van der Waals surface area contributed by atoms with Gasteiger partial charge in [-0.15, -0.1) is 0 Å². The minimum atomic E-state index is 0.00584. The van der Waals surface area contributed by atoms with E-state index in [0.717, 1.165) is 49.4 Å². The third-order valence-electron chi connectivity index (χ3n) is 5.01. The van der Waals surface area contributed by atoms with E-state index in [1.54, 1.807) is 31.0 Å². The summed E-state index contributed by atoms with van der Waals surface area (Å²) < 4.78 is 1.95. The Hall–Kier alpha value is -3.09. The van der Waals surface area contributed by atoms with Gasteiger partial charge in [0, 0.05) is 38.7 Å². The van der Waals surface area contributed by atoms with Gasteiger partial charge in [-0.1, -0.05) is 6.07 Å². The van der Waals surface area contributed by atoms with Crippen LogP contribution in [0.4, 0.5) is 0 Å². The first-order chi connectivity index (χ1) is 13.2. The lowest BCUT2D eigenvalue weighted by molar-refractivity contribution is 0.0667. The number of aryl methyl sites for hydroxylation is 1. The Bertz CT molecular complexity index is 923. The molecule has 0 unspecified atom stereocenters. The average Bonchev–Trinajstić information content (AvgIpc) is 3.14.